The van der Waals surface area contributed by atoms with Gasteiger partial charge in [0.05, 0.1) is 15.7 Å². The highest BCUT2D eigenvalue weighted by Crippen LogP contribution is 2.27. The van der Waals surface area contributed by atoms with E-state index in [-0.39, 0.29) is 11.4 Å². The summed E-state index contributed by atoms with van der Waals surface area (Å²) >= 11 is 3.09. The number of hydrogen-bond donors (Lipinski definition) is 2. The fourth-order valence-electron chi connectivity index (χ4n) is 1.68. The van der Waals surface area contributed by atoms with Gasteiger partial charge >= 0.3 is 0 Å². The van der Waals surface area contributed by atoms with Gasteiger partial charge in [-0.05, 0) is 28.1 Å². The predicted octanol–water partition coefficient (Wildman–Crippen LogP) is 1.76. The van der Waals surface area contributed by atoms with Crippen LogP contribution in [0.5, 0.6) is 0 Å². The van der Waals surface area contributed by atoms with E-state index in [1.165, 1.54) is 24.5 Å². The van der Waals surface area contributed by atoms with Gasteiger partial charge in [0, 0.05) is 31.0 Å². The fourth-order valence-corrected chi connectivity index (χ4v) is 2.20. The first-order chi connectivity index (χ1) is 10.0. The molecule has 1 aromatic carbocycles. The molecule has 3 N–H and O–H groups in total. The minimum absolute atomic E-state index is 0.0692. The van der Waals surface area contributed by atoms with Crippen LogP contribution in [0.2, 0.25) is 0 Å². The number of carbonyl (C=O) groups excluding carboxylic acids is 1. The Labute approximate surface area is 128 Å². The Morgan fingerprint density at radius 2 is 2.29 bits per heavy atom. The zero-order valence-corrected chi connectivity index (χ0v) is 12.4. The van der Waals surface area contributed by atoms with Gasteiger partial charge in [-0.2, -0.15) is 0 Å². The van der Waals surface area contributed by atoms with Crippen molar-refractivity contribution in [2.24, 2.45) is 5.73 Å². The maximum absolute atomic E-state index is 12.0. The molecule has 21 heavy (non-hydrogen) atoms. The highest BCUT2D eigenvalue weighted by atomic mass is 79.9. The third-order valence-electron chi connectivity index (χ3n) is 2.66. The molecule has 0 saturated heterocycles. The summed E-state index contributed by atoms with van der Waals surface area (Å²) < 4.78 is 2.00. The van der Waals surface area contributed by atoms with Gasteiger partial charge in [0.2, 0.25) is 0 Å². The summed E-state index contributed by atoms with van der Waals surface area (Å²) in [6, 6.07) is 4.23. The van der Waals surface area contributed by atoms with E-state index < -0.39 is 10.8 Å². The third kappa shape index (κ3) is 3.64. The largest absolute Gasteiger partial charge is 0.335 e. The summed E-state index contributed by atoms with van der Waals surface area (Å²) in [5.74, 6) is -0.397. The molecule has 0 aliphatic carbocycles. The molecule has 9 heteroatoms. The second kappa shape index (κ2) is 6.46. The summed E-state index contributed by atoms with van der Waals surface area (Å²) in [5.41, 5.74) is 6.03. The van der Waals surface area contributed by atoms with E-state index >= 15 is 0 Å². The minimum Gasteiger partial charge on any atom is -0.335 e. The average Bonchev–Trinajstić information content (AvgIpc) is 2.87. The first kappa shape index (κ1) is 15.1. The first-order valence-electron chi connectivity index (χ1n) is 5.98. The van der Waals surface area contributed by atoms with E-state index in [4.69, 9.17) is 5.73 Å². The number of rotatable bonds is 5. The van der Waals surface area contributed by atoms with Gasteiger partial charge in [-0.3, -0.25) is 14.9 Å². The molecular formula is C12H12BrN5O3. The number of nitro groups is 1. The maximum Gasteiger partial charge on any atom is 0.283 e. The van der Waals surface area contributed by atoms with Crippen LogP contribution in [0.15, 0.2) is 35.2 Å². The lowest BCUT2D eigenvalue weighted by Gasteiger charge is -2.04. The van der Waals surface area contributed by atoms with Gasteiger partial charge in [0.1, 0.15) is 5.69 Å². The molecule has 0 unspecified atom stereocenters. The molecule has 0 saturated carbocycles. The van der Waals surface area contributed by atoms with Crippen LogP contribution in [0.25, 0.3) is 0 Å². The molecule has 1 amide bonds. The Morgan fingerprint density at radius 1 is 1.52 bits per heavy atom. The number of carbonyl (C=O) groups is 1. The van der Waals surface area contributed by atoms with Crippen LogP contribution in [0.1, 0.15) is 10.5 Å². The van der Waals surface area contributed by atoms with Gasteiger partial charge in [0.25, 0.3) is 11.6 Å². The standard InChI is InChI=1S/C12H12BrN5O3/c13-9-5-8(1-2-11(9)18(20)21)16-12(19)10-6-17(4-3-14)7-15-10/h1-2,5-7H,3-4,14H2,(H,16,19). The Bertz CT molecular complexity index is 685. The number of aromatic nitrogens is 2. The number of amides is 1. The Balaban J connectivity index is 2.11. The number of imidazole rings is 1. The number of hydrogen-bond acceptors (Lipinski definition) is 5. The van der Waals surface area contributed by atoms with Crippen molar-refractivity contribution in [2.45, 2.75) is 6.54 Å². The molecule has 0 spiro atoms. The fraction of sp³-hybridized carbons (Fsp3) is 0.167. The lowest BCUT2D eigenvalue weighted by molar-refractivity contribution is -0.385. The lowest BCUT2D eigenvalue weighted by atomic mass is 10.3. The van der Waals surface area contributed by atoms with E-state index in [1.54, 1.807) is 10.8 Å². The molecule has 0 bridgehead atoms. The number of nitro benzene ring substituents is 1. The van der Waals surface area contributed by atoms with Crippen molar-refractivity contribution in [3.63, 3.8) is 0 Å². The topological polar surface area (TPSA) is 116 Å². The Morgan fingerprint density at radius 3 is 2.90 bits per heavy atom. The van der Waals surface area contributed by atoms with E-state index in [2.05, 4.69) is 26.2 Å². The number of nitrogens with one attached hydrogen (secondary N) is 1. The van der Waals surface area contributed by atoms with Gasteiger partial charge < -0.3 is 15.6 Å². The highest BCUT2D eigenvalue weighted by Gasteiger charge is 2.14. The predicted molar refractivity (Wildman–Crippen MR) is 80.0 cm³/mol. The van der Waals surface area contributed by atoms with Crippen molar-refractivity contribution in [1.82, 2.24) is 9.55 Å². The van der Waals surface area contributed by atoms with Gasteiger partial charge in [-0.1, -0.05) is 0 Å². The molecule has 0 atom stereocenters. The molecule has 110 valence electrons. The number of nitrogens with zero attached hydrogens (tertiary/aromatic N) is 3. The monoisotopic (exact) mass is 353 g/mol. The van der Waals surface area contributed by atoms with E-state index in [1.807, 2.05) is 0 Å². The van der Waals surface area contributed by atoms with Crippen LogP contribution >= 0.6 is 15.9 Å². The third-order valence-corrected chi connectivity index (χ3v) is 3.29. The number of anilines is 1. The second-order valence-corrected chi connectivity index (χ2v) is 5.02. The van der Waals surface area contributed by atoms with E-state index in [0.717, 1.165) is 0 Å². The van der Waals surface area contributed by atoms with Crippen LogP contribution in [0.4, 0.5) is 11.4 Å². The van der Waals surface area contributed by atoms with Crippen molar-refractivity contribution in [1.29, 1.82) is 0 Å². The molecule has 1 heterocycles. The normalized spacial score (nSPS) is 10.4. The van der Waals surface area contributed by atoms with Crippen molar-refractivity contribution in [3.8, 4) is 0 Å². The average molecular weight is 354 g/mol. The van der Waals surface area contributed by atoms with Gasteiger partial charge in [-0.25, -0.2) is 4.98 Å². The van der Waals surface area contributed by atoms with Crippen molar-refractivity contribution >= 4 is 33.2 Å². The summed E-state index contributed by atoms with van der Waals surface area (Å²) in [4.78, 5) is 26.2. The zero-order chi connectivity index (χ0) is 15.4. The molecule has 1 aromatic heterocycles. The first-order valence-corrected chi connectivity index (χ1v) is 6.77. The maximum atomic E-state index is 12.0. The number of nitrogens with two attached hydrogens (primary N) is 1. The van der Waals surface area contributed by atoms with E-state index in [0.29, 0.717) is 23.2 Å². The molecule has 2 aromatic rings. The summed E-state index contributed by atoms with van der Waals surface area (Å²) in [6.45, 7) is 1.02. The van der Waals surface area contributed by atoms with Crippen LogP contribution in [-0.4, -0.2) is 26.9 Å². The molecule has 0 aliphatic rings. The molecule has 8 nitrogen and oxygen atoms in total. The molecular weight excluding hydrogens is 342 g/mol. The zero-order valence-electron chi connectivity index (χ0n) is 10.8. The molecule has 0 fully saturated rings. The van der Waals surface area contributed by atoms with Gasteiger partial charge in [0.15, 0.2) is 0 Å². The van der Waals surface area contributed by atoms with Crippen LogP contribution in [-0.2, 0) is 6.54 Å². The van der Waals surface area contributed by atoms with Crippen LogP contribution in [0.3, 0.4) is 0 Å². The van der Waals surface area contributed by atoms with Crippen LogP contribution in [0, 0.1) is 10.1 Å². The molecule has 2 rings (SSSR count). The quantitative estimate of drug-likeness (QED) is 0.627. The Hall–Kier alpha value is -2.26. The summed E-state index contributed by atoms with van der Waals surface area (Å²) in [7, 11) is 0. The molecule has 0 radical (unpaired) electrons. The van der Waals surface area contributed by atoms with Gasteiger partial charge in [-0.15, -0.1) is 0 Å². The summed E-state index contributed by atoms with van der Waals surface area (Å²) in [5, 5.41) is 13.3. The second-order valence-electron chi connectivity index (χ2n) is 4.16. The highest BCUT2D eigenvalue weighted by molar-refractivity contribution is 9.10. The lowest BCUT2D eigenvalue weighted by Crippen LogP contribution is -2.13. The van der Waals surface area contributed by atoms with Crippen molar-refractivity contribution in [2.75, 3.05) is 11.9 Å². The van der Waals surface area contributed by atoms with Crippen molar-refractivity contribution in [3.05, 3.63) is 51.0 Å². The van der Waals surface area contributed by atoms with E-state index in [9.17, 15) is 14.9 Å². The minimum atomic E-state index is -0.510. The Kier molecular flexibility index (Phi) is 4.66. The van der Waals surface area contributed by atoms with Crippen LogP contribution < -0.4 is 11.1 Å². The smallest absolute Gasteiger partial charge is 0.283 e. The number of halogens is 1. The molecule has 0 aliphatic heterocycles. The van der Waals surface area contributed by atoms with Crippen molar-refractivity contribution < 1.29 is 9.72 Å². The summed E-state index contributed by atoms with van der Waals surface area (Å²) in [6.07, 6.45) is 3.11. The number of benzene rings is 1. The SMILES string of the molecule is NCCn1cnc(C(=O)Nc2ccc([N+](=O)[O-])c(Br)c2)c1.